The van der Waals surface area contributed by atoms with Gasteiger partial charge in [0.25, 0.3) is 0 Å². The molecular formula is C45H42IrN4O2-2. The maximum atomic E-state index is 11.5. The summed E-state index contributed by atoms with van der Waals surface area (Å²) in [5, 5.41) is 18.7. The number of aliphatic hydroxyl groups excluding tert-OH is 1. The third-order valence-corrected chi connectivity index (χ3v) is 8.69. The summed E-state index contributed by atoms with van der Waals surface area (Å²) in [4.78, 5) is 30.0. The first-order valence-corrected chi connectivity index (χ1v) is 17.1. The van der Waals surface area contributed by atoms with Gasteiger partial charge in [0, 0.05) is 60.4 Å². The first-order valence-electron chi connectivity index (χ1n) is 17.1. The summed E-state index contributed by atoms with van der Waals surface area (Å²) in [5.41, 5.74) is 4.90. The molecular weight excluding hydrogens is 821 g/mol. The van der Waals surface area contributed by atoms with E-state index in [4.69, 9.17) is 0 Å². The van der Waals surface area contributed by atoms with Crippen molar-refractivity contribution in [2.45, 2.75) is 55.4 Å². The second-order valence-electron chi connectivity index (χ2n) is 14.8. The van der Waals surface area contributed by atoms with Crippen LogP contribution in [-0.2, 0) is 24.9 Å². The Morgan fingerprint density at radius 3 is 1.35 bits per heavy atom. The molecule has 0 aliphatic carbocycles. The maximum Gasteiger partial charge on any atom is 0.164 e. The van der Waals surface area contributed by atoms with Gasteiger partial charge in [-0.3, -0.25) is 14.8 Å². The molecule has 0 atom stereocenters. The van der Waals surface area contributed by atoms with Gasteiger partial charge in [0.15, 0.2) is 5.78 Å². The van der Waals surface area contributed by atoms with E-state index in [-0.39, 0.29) is 37.1 Å². The first-order chi connectivity index (χ1) is 24.2. The molecule has 52 heavy (non-hydrogen) atoms. The fourth-order valence-electron chi connectivity index (χ4n) is 5.82. The van der Waals surface area contributed by atoms with Crippen LogP contribution in [0.15, 0.2) is 109 Å². The van der Waals surface area contributed by atoms with Crippen LogP contribution in [0.4, 0.5) is 0 Å². The monoisotopic (exact) mass is 863 g/mol. The van der Waals surface area contributed by atoms with Gasteiger partial charge in [0.05, 0.1) is 22.4 Å². The van der Waals surface area contributed by atoms with E-state index in [0.717, 1.165) is 55.0 Å². The zero-order valence-corrected chi connectivity index (χ0v) is 33.2. The van der Waals surface area contributed by atoms with Crippen molar-refractivity contribution in [2.75, 3.05) is 0 Å². The third kappa shape index (κ3) is 7.86. The molecule has 8 aromatic rings. The SMILES string of the molecule is CC(C)(C)C(=O)C=C(O)C(C)(C)C.Cc1cnc2c3[c-]cccc3c3ccccc3c2n1.Cc1cnc2c3[c-]cccc3c3ccccc3c2n1.[Ir]. The van der Waals surface area contributed by atoms with Crippen LogP contribution in [0.2, 0.25) is 0 Å². The van der Waals surface area contributed by atoms with Gasteiger partial charge in [0.1, 0.15) is 5.76 Å². The van der Waals surface area contributed by atoms with Crippen LogP contribution >= 0.6 is 0 Å². The van der Waals surface area contributed by atoms with E-state index in [0.29, 0.717) is 0 Å². The molecule has 6 nitrogen and oxygen atoms in total. The molecule has 0 spiro atoms. The fourth-order valence-corrected chi connectivity index (χ4v) is 5.82. The molecule has 0 aliphatic rings. The summed E-state index contributed by atoms with van der Waals surface area (Å²) in [6.45, 7) is 15.1. The van der Waals surface area contributed by atoms with Gasteiger partial charge < -0.3 is 15.1 Å². The Bertz CT molecular complexity index is 2390. The number of aromatic nitrogens is 4. The average molecular weight is 863 g/mol. The zero-order valence-electron chi connectivity index (χ0n) is 30.8. The Morgan fingerprint density at radius 2 is 0.962 bits per heavy atom. The predicted octanol–water partition coefficient (Wildman–Crippen LogP) is 11.2. The summed E-state index contributed by atoms with van der Waals surface area (Å²) in [7, 11) is 0. The summed E-state index contributed by atoms with van der Waals surface area (Å²) in [6, 6.07) is 35.4. The molecule has 0 bridgehead atoms. The molecule has 6 aromatic carbocycles. The third-order valence-electron chi connectivity index (χ3n) is 8.69. The van der Waals surface area contributed by atoms with Crippen molar-refractivity contribution in [1.82, 2.24) is 19.9 Å². The molecule has 2 aromatic heterocycles. The molecule has 8 rings (SSSR count). The number of benzene rings is 6. The van der Waals surface area contributed by atoms with Crippen LogP contribution in [0.1, 0.15) is 52.9 Å². The van der Waals surface area contributed by atoms with E-state index < -0.39 is 5.41 Å². The Labute approximate surface area is 318 Å². The van der Waals surface area contributed by atoms with Crippen LogP contribution in [0, 0.1) is 36.8 Å². The number of allylic oxidation sites excluding steroid dienone is 2. The van der Waals surface area contributed by atoms with Crippen LogP contribution in [-0.4, -0.2) is 30.8 Å². The van der Waals surface area contributed by atoms with Gasteiger partial charge in [-0.15, -0.1) is 59.3 Å². The Kier molecular flexibility index (Phi) is 11.2. The number of hydrogen-bond donors (Lipinski definition) is 1. The average Bonchev–Trinajstić information content (AvgIpc) is 3.11. The molecule has 0 aliphatic heterocycles. The van der Waals surface area contributed by atoms with Crippen molar-refractivity contribution < 1.29 is 30.0 Å². The van der Waals surface area contributed by atoms with Gasteiger partial charge in [0.2, 0.25) is 0 Å². The molecule has 1 N–H and O–H groups in total. The maximum absolute atomic E-state index is 11.5. The number of carbonyl (C=O) groups excluding carboxylic acids is 1. The van der Waals surface area contributed by atoms with Crippen molar-refractivity contribution in [3.05, 3.63) is 133 Å². The minimum Gasteiger partial charge on any atom is -0.512 e. The fraction of sp³-hybridized carbons (Fsp3) is 0.222. The topological polar surface area (TPSA) is 88.9 Å². The summed E-state index contributed by atoms with van der Waals surface area (Å²) >= 11 is 0. The number of hydrogen-bond acceptors (Lipinski definition) is 6. The Morgan fingerprint density at radius 1 is 0.577 bits per heavy atom. The van der Waals surface area contributed by atoms with E-state index in [9.17, 15) is 9.90 Å². The van der Waals surface area contributed by atoms with Crippen molar-refractivity contribution in [3.63, 3.8) is 0 Å². The van der Waals surface area contributed by atoms with Crippen molar-refractivity contribution in [1.29, 1.82) is 0 Å². The largest absolute Gasteiger partial charge is 0.512 e. The minimum absolute atomic E-state index is 0. The molecule has 265 valence electrons. The molecule has 0 saturated carbocycles. The number of fused-ring (bicyclic) bond motifs is 12. The van der Waals surface area contributed by atoms with Crippen molar-refractivity contribution >= 4 is 70.9 Å². The predicted molar refractivity (Wildman–Crippen MR) is 211 cm³/mol. The van der Waals surface area contributed by atoms with Crippen LogP contribution in [0.3, 0.4) is 0 Å². The first kappa shape index (κ1) is 38.1. The second kappa shape index (κ2) is 15.2. The van der Waals surface area contributed by atoms with Crippen LogP contribution in [0.5, 0.6) is 0 Å². The van der Waals surface area contributed by atoms with Gasteiger partial charge >= 0.3 is 0 Å². The second-order valence-corrected chi connectivity index (χ2v) is 14.8. The van der Waals surface area contributed by atoms with Crippen LogP contribution < -0.4 is 0 Å². The van der Waals surface area contributed by atoms with E-state index in [1.165, 1.54) is 27.6 Å². The quantitative estimate of drug-likeness (QED) is 0.0765. The molecule has 0 amide bonds. The number of aliphatic hydroxyl groups is 1. The number of rotatable bonds is 1. The number of aryl methyl sites for hydroxylation is 2. The zero-order chi connectivity index (χ0) is 36.5. The Balaban J connectivity index is 0.000000153. The van der Waals surface area contributed by atoms with E-state index in [1.54, 1.807) is 0 Å². The molecule has 1 radical (unpaired) electrons. The molecule has 0 fully saturated rings. The summed E-state index contributed by atoms with van der Waals surface area (Å²) < 4.78 is 0. The van der Waals surface area contributed by atoms with Crippen molar-refractivity contribution in [3.8, 4) is 0 Å². The smallest absolute Gasteiger partial charge is 0.164 e. The Hall–Kier alpha value is -5.10. The van der Waals surface area contributed by atoms with Gasteiger partial charge in [-0.05, 0) is 24.6 Å². The number of nitrogens with zero attached hydrogens (tertiary/aromatic N) is 4. The minimum atomic E-state index is -0.417. The standard InChI is InChI=1S/2C17H11N2.C11H20O2.Ir/c2*1-11-10-18-16-14-8-4-2-6-12(14)13-7-3-5-9-15(13)17(16)19-11;1-10(2,3)8(12)7-9(13)11(4,5)6;/h2*2-7,9-10H,1H3;7,12H,1-6H3;/q2*-1;;. The van der Waals surface area contributed by atoms with Gasteiger partial charge in [-0.25, -0.2) is 0 Å². The van der Waals surface area contributed by atoms with E-state index in [2.05, 4.69) is 80.6 Å². The molecule has 2 heterocycles. The van der Waals surface area contributed by atoms with Crippen LogP contribution in [0.25, 0.3) is 65.2 Å². The number of ketones is 1. The molecule has 0 unspecified atom stereocenters. The van der Waals surface area contributed by atoms with Gasteiger partial charge in [-0.2, -0.15) is 0 Å². The normalized spacial score (nSPS) is 12.0. The molecule has 7 heteroatoms. The summed E-state index contributed by atoms with van der Waals surface area (Å²) in [5.74, 6) is 0.104. The van der Waals surface area contributed by atoms with Gasteiger partial charge in [-0.1, -0.05) is 112 Å². The number of carbonyl (C=O) groups is 1. The van der Waals surface area contributed by atoms with Crippen molar-refractivity contribution in [2.24, 2.45) is 10.8 Å². The van der Waals surface area contributed by atoms with E-state index in [1.807, 2.05) is 104 Å². The molecule has 0 saturated heterocycles. The van der Waals surface area contributed by atoms with E-state index >= 15 is 0 Å². The summed E-state index contributed by atoms with van der Waals surface area (Å²) in [6.07, 6.45) is 4.97.